The molecule has 0 amide bonds. The molecule has 2 rings (SSSR count). The van der Waals surface area contributed by atoms with Gasteiger partial charge in [-0.25, -0.2) is 0 Å². The van der Waals surface area contributed by atoms with Crippen LogP contribution in [0.15, 0.2) is 24.3 Å². The van der Waals surface area contributed by atoms with E-state index >= 15 is 0 Å². The highest BCUT2D eigenvalue weighted by atomic mass is 16.7. The Morgan fingerprint density at radius 1 is 1.29 bits per heavy atom. The molecule has 0 radical (unpaired) electrons. The van der Waals surface area contributed by atoms with E-state index in [1.807, 2.05) is 24.3 Å². The number of methoxy groups -OCH3 is 2. The number of rotatable bonds is 5. The third-order valence-electron chi connectivity index (χ3n) is 2.95. The zero-order valence-corrected chi connectivity index (χ0v) is 10.0. The molecular weight excluding hydrogens is 220 g/mol. The van der Waals surface area contributed by atoms with Gasteiger partial charge in [-0.05, 0) is 30.0 Å². The summed E-state index contributed by atoms with van der Waals surface area (Å²) in [4.78, 5) is 11.3. The highest BCUT2D eigenvalue weighted by Gasteiger charge is 2.44. The van der Waals surface area contributed by atoms with Gasteiger partial charge < -0.3 is 14.2 Å². The maximum atomic E-state index is 11.3. The summed E-state index contributed by atoms with van der Waals surface area (Å²) in [6.07, 6.45) is 0.880. The molecule has 17 heavy (non-hydrogen) atoms. The van der Waals surface area contributed by atoms with Crippen LogP contribution in [0.3, 0.4) is 0 Å². The average molecular weight is 236 g/mol. The molecule has 0 heterocycles. The number of ether oxygens (including phenoxy) is 3. The highest BCUT2D eigenvalue weighted by Crippen LogP contribution is 2.48. The third-order valence-corrected chi connectivity index (χ3v) is 2.95. The van der Waals surface area contributed by atoms with Gasteiger partial charge in [0.2, 0.25) is 0 Å². The van der Waals surface area contributed by atoms with Crippen LogP contribution < -0.4 is 4.74 Å². The summed E-state index contributed by atoms with van der Waals surface area (Å²) in [6.45, 7) is 0.244. The van der Waals surface area contributed by atoms with E-state index in [4.69, 9.17) is 14.2 Å². The summed E-state index contributed by atoms with van der Waals surface area (Å²) < 4.78 is 14.8. The van der Waals surface area contributed by atoms with E-state index in [0.717, 1.165) is 17.7 Å². The predicted molar refractivity (Wildman–Crippen MR) is 61.8 cm³/mol. The van der Waals surface area contributed by atoms with Crippen molar-refractivity contribution in [1.82, 2.24) is 0 Å². The minimum atomic E-state index is -0.116. The summed E-state index contributed by atoms with van der Waals surface area (Å²) in [7, 11) is 3.01. The summed E-state index contributed by atoms with van der Waals surface area (Å²) in [5.41, 5.74) is 1.16. The molecule has 0 N–H and O–H groups in total. The maximum Gasteiger partial charge on any atom is 0.309 e. The van der Waals surface area contributed by atoms with Crippen molar-refractivity contribution in [2.24, 2.45) is 5.92 Å². The summed E-state index contributed by atoms with van der Waals surface area (Å²) >= 11 is 0. The van der Waals surface area contributed by atoms with E-state index < -0.39 is 0 Å². The Balaban J connectivity index is 1.93. The molecule has 4 nitrogen and oxygen atoms in total. The highest BCUT2D eigenvalue weighted by molar-refractivity contribution is 5.77. The normalized spacial score (nSPS) is 22.0. The van der Waals surface area contributed by atoms with E-state index in [1.165, 1.54) is 7.11 Å². The van der Waals surface area contributed by atoms with Crippen molar-refractivity contribution < 1.29 is 19.0 Å². The average Bonchev–Trinajstić information content (AvgIpc) is 3.16. The molecule has 1 aromatic carbocycles. The van der Waals surface area contributed by atoms with Crippen molar-refractivity contribution in [2.45, 2.75) is 12.3 Å². The largest absolute Gasteiger partial charge is 0.469 e. The maximum absolute atomic E-state index is 11.3. The Kier molecular flexibility index (Phi) is 3.64. The lowest BCUT2D eigenvalue weighted by atomic mass is 10.1. The van der Waals surface area contributed by atoms with E-state index in [2.05, 4.69) is 0 Å². The minimum absolute atomic E-state index is 0.0331. The Morgan fingerprint density at radius 3 is 2.59 bits per heavy atom. The lowest BCUT2D eigenvalue weighted by Crippen LogP contribution is -2.04. The second kappa shape index (κ2) is 5.19. The Hall–Kier alpha value is -1.55. The fourth-order valence-electron chi connectivity index (χ4n) is 1.91. The van der Waals surface area contributed by atoms with Crippen molar-refractivity contribution in [2.75, 3.05) is 21.0 Å². The van der Waals surface area contributed by atoms with Gasteiger partial charge >= 0.3 is 5.97 Å². The summed E-state index contributed by atoms with van der Waals surface area (Å²) in [5.74, 6) is 0.991. The molecule has 1 fully saturated rings. The zero-order chi connectivity index (χ0) is 12.3. The molecule has 1 aliphatic carbocycles. The van der Waals surface area contributed by atoms with Crippen molar-refractivity contribution in [3.05, 3.63) is 29.8 Å². The molecule has 0 spiro atoms. The van der Waals surface area contributed by atoms with Gasteiger partial charge in [-0.15, -0.1) is 0 Å². The van der Waals surface area contributed by atoms with Crippen LogP contribution in [0.4, 0.5) is 0 Å². The lowest BCUT2D eigenvalue weighted by Gasteiger charge is -2.05. The second-order valence-electron chi connectivity index (χ2n) is 4.09. The van der Waals surface area contributed by atoms with Crippen molar-refractivity contribution in [1.29, 1.82) is 0 Å². The van der Waals surface area contributed by atoms with Crippen molar-refractivity contribution >= 4 is 5.97 Å². The van der Waals surface area contributed by atoms with Crippen LogP contribution in [0.25, 0.3) is 0 Å². The Bertz CT molecular complexity index is 385. The summed E-state index contributed by atoms with van der Waals surface area (Å²) in [5, 5.41) is 0. The third kappa shape index (κ3) is 2.77. The van der Waals surface area contributed by atoms with Crippen LogP contribution in [0, 0.1) is 5.92 Å². The Morgan fingerprint density at radius 2 is 2.00 bits per heavy atom. The fraction of sp³-hybridized carbons (Fsp3) is 0.462. The van der Waals surface area contributed by atoms with Gasteiger partial charge in [0.25, 0.3) is 0 Å². The van der Waals surface area contributed by atoms with E-state index in [0.29, 0.717) is 5.92 Å². The lowest BCUT2D eigenvalue weighted by molar-refractivity contribution is -0.142. The number of hydrogen-bond donors (Lipinski definition) is 0. The monoisotopic (exact) mass is 236 g/mol. The first-order valence-corrected chi connectivity index (χ1v) is 5.55. The van der Waals surface area contributed by atoms with Crippen LogP contribution in [-0.4, -0.2) is 27.0 Å². The smallest absolute Gasteiger partial charge is 0.309 e. The number of carbonyl (C=O) groups is 1. The molecule has 0 bridgehead atoms. The summed E-state index contributed by atoms with van der Waals surface area (Å²) in [6, 6.07) is 7.75. The molecule has 92 valence electrons. The zero-order valence-electron chi connectivity index (χ0n) is 10.0. The first-order chi connectivity index (χ1) is 8.26. The topological polar surface area (TPSA) is 44.8 Å². The molecule has 1 aromatic rings. The van der Waals surface area contributed by atoms with Crippen LogP contribution in [0.5, 0.6) is 5.75 Å². The number of esters is 1. The number of benzene rings is 1. The van der Waals surface area contributed by atoms with Crippen molar-refractivity contribution in [3.63, 3.8) is 0 Å². The second-order valence-corrected chi connectivity index (χ2v) is 4.09. The number of carbonyl (C=O) groups excluding carboxylic acids is 1. The van der Waals surface area contributed by atoms with Crippen molar-refractivity contribution in [3.8, 4) is 5.75 Å². The predicted octanol–water partition coefficient (Wildman–Crippen LogP) is 1.95. The standard InChI is InChI=1S/C13H16O4/c1-15-8-17-10-5-3-9(4-6-10)11-7-12(11)13(14)16-2/h3-6,11-12H,7-8H2,1-2H3/t11-,12+/m0/s1. The van der Waals surface area contributed by atoms with Crippen LogP contribution in [0.2, 0.25) is 0 Å². The van der Waals surface area contributed by atoms with Crippen LogP contribution in [0.1, 0.15) is 17.9 Å². The first kappa shape index (κ1) is 11.9. The first-order valence-electron chi connectivity index (χ1n) is 5.55. The molecule has 0 saturated heterocycles. The van der Waals surface area contributed by atoms with Gasteiger partial charge in [0, 0.05) is 7.11 Å². The molecule has 4 heteroatoms. The van der Waals surface area contributed by atoms with Gasteiger partial charge in [-0.2, -0.15) is 0 Å². The fourth-order valence-corrected chi connectivity index (χ4v) is 1.91. The molecule has 2 atom stereocenters. The molecule has 0 unspecified atom stereocenters. The van der Waals surface area contributed by atoms with Crippen LogP contribution in [-0.2, 0) is 14.3 Å². The molecule has 0 aliphatic heterocycles. The minimum Gasteiger partial charge on any atom is -0.469 e. The van der Waals surface area contributed by atoms with E-state index in [-0.39, 0.29) is 18.7 Å². The van der Waals surface area contributed by atoms with Gasteiger partial charge in [0.05, 0.1) is 13.0 Å². The van der Waals surface area contributed by atoms with Gasteiger partial charge in [0.15, 0.2) is 6.79 Å². The molecule has 1 saturated carbocycles. The SMILES string of the molecule is COCOc1ccc([C@@H]2C[C@H]2C(=O)OC)cc1. The molecule has 1 aliphatic rings. The molecular formula is C13H16O4. The number of hydrogen-bond acceptors (Lipinski definition) is 4. The molecule has 0 aromatic heterocycles. The van der Waals surface area contributed by atoms with Gasteiger partial charge in [-0.3, -0.25) is 4.79 Å². The van der Waals surface area contributed by atoms with Crippen LogP contribution >= 0.6 is 0 Å². The van der Waals surface area contributed by atoms with E-state index in [9.17, 15) is 4.79 Å². The Labute approximate surface area is 100 Å². The van der Waals surface area contributed by atoms with Gasteiger partial charge in [0.1, 0.15) is 5.75 Å². The van der Waals surface area contributed by atoms with Gasteiger partial charge in [-0.1, -0.05) is 12.1 Å². The van der Waals surface area contributed by atoms with E-state index in [1.54, 1.807) is 7.11 Å². The quantitative estimate of drug-likeness (QED) is 0.579.